The van der Waals surface area contributed by atoms with Crippen molar-refractivity contribution in [2.45, 2.75) is 110 Å². The molecular formula is C52H60N7O14S2+. The van der Waals surface area contributed by atoms with Crippen LogP contribution in [0.5, 0.6) is 17.2 Å². The van der Waals surface area contributed by atoms with E-state index in [0.29, 0.717) is 53.0 Å². The van der Waals surface area contributed by atoms with Gasteiger partial charge < -0.3 is 43.8 Å². The van der Waals surface area contributed by atoms with Crippen molar-refractivity contribution in [3.05, 3.63) is 121 Å². The molecule has 23 heteroatoms. The summed E-state index contributed by atoms with van der Waals surface area (Å²) in [6.45, 7) is 14.3. The van der Waals surface area contributed by atoms with E-state index in [1.54, 1.807) is 90.1 Å². The van der Waals surface area contributed by atoms with Gasteiger partial charge in [-0.25, -0.2) is 19.4 Å². The molecule has 4 N–H and O–H groups in total. The average molecular weight is 1070 g/mol. The Morgan fingerprint density at radius 1 is 0.947 bits per heavy atom. The number of esters is 2. The lowest BCUT2D eigenvalue weighted by atomic mass is 9.96. The number of rotatable bonds is 16. The molecule has 7 rings (SSSR count). The standard InChI is InChI=1S/C52H59N7O14S2/c1-50(2,3)71-47(65)52(7,8)73-56-40(36-28-75-48(53-36)55-49(66)72-51(4,5)6)43(62)54-41-44(63)57-42(46(64)70-26-29-12-17-35(69-10)18-13-29)33(27-74-45(41)57)16-15-31-14-11-30(21-37(31)58(67)68)24-59(9)20-19-32-22-38(60)39(61)23-34(32)25-59/h11-18,21-23,28,41,45H,19-20,24-27H2,1-10H3,(H3-,53,54,55,56,60,61,62,66)/p+1/b16-15+/t41-,45-,59?/m1/s1. The van der Waals surface area contributed by atoms with Crippen LogP contribution in [0.3, 0.4) is 0 Å². The number of hydrogen-bond donors (Lipinski definition) is 4. The van der Waals surface area contributed by atoms with Crippen LogP contribution in [0.4, 0.5) is 15.6 Å². The molecule has 3 aliphatic rings. The van der Waals surface area contributed by atoms with Gasteiger partial charge in [-0.3, -0.25) is 29.9 Å². The number of carbonyl (C=O) groups excluding carboxylic acids is 5. The van der Waals surface area contributed by atoms with Gasteiger partial charge in [-0.2, -0.15) is 0 Å². The number of thioether (sulfide) groups is 1. The van der Waals surface area contributed by atoms with Crippen molar-refractivity contribution < 1.29 is 67.4 Å². The van der Waals surface area contributed by atoms with Crippen molar-refractivity contribution in [1.82, 2.24) is 15.2 Å². The summed E-state index contributed by atoms with van der Waals surface area (Å²) >= 11 is 2.16. The monoisotopic (exact) mass is 1070 g/mol. The summed E-state index contributed by atoms with van der Waals surface area (Å²) < 4.78 is 22.4. The largest absolute Gasteiger partial charge is 0.504 e. The molecule has 0 radical (unpaired) electrons. The van der Waals surface area contributed by atoms with Gasteiger partial charge in [0.15, 0.2) is 22.3 Å². The first-order chi connectivity index (χ1) is 35.1. The number of phenolic OH excluding ortho intramolecular Hbond substituents is 2. The van der Waals surface area contributed by atoms with Crippen molar-refractivity contribution in [2.24, 2.45) is 5.16 Å². The maximum absolute atomic E-state index is 14.3. The van der Waals surface area contributed by atoms with E-state index in [1.165, 1.54) is 61.2 Å². The van der Waals surface area contributed by atoms with Crippen molar-refractivity contribution in [2.75, 3.05) is 31.8 Å². The second-order valence-corrected chi connectivity index (χ2v) is 22.8. The lowest BCUT2D eigenvalue weighted by Crippen LogP contribution is -2.71. The number of fused-ring (bicyclic) bond motifs is 2. The van der Waals surface area contributed by atoms with E-state index in [9.17, 15) is 44.3 Å². The second-order valence-electron chi connectivity index (χ2n) is 20.9. The van der Waals surface area contributed by atoms with Gasteiger partial charge in [0.05, 0.1) is 31.2 Å². The first-order valence-corrected chi connectivity index (χ1v) is 25.6. The molecule has 398 valence electrons. The number of quaternary nitrogens is 1. The molecule has 0 bridgehead atoms. The zero-order chi connectivity index (χ0) is 54.8. The fourth-order valence-corrected chi connectivity index (χ4v) is 10.2. The molecule has 4 aromatic rings. The molecule has 0 aliphatic carbocycles. The molecule has 21 nitrogen and oxygen atoms in total. The highest BCUT2D eigenvalue weighted by atomic mass is 32.2. The maximum Gasteiger partial charge on any atom is 0.413 e. The van der Waals surface area contributed by atoms with Gasteiger partial charge in [-0.15, -0.1) is 23.1 Å². The first-order valence-electron chi connectivity index (χ1n) is 23.7. The Labute approximate surface area is 441 Å². The fourth-order valence-electron chi connectivity index (χ4n) is 8.22. The minimum Gasteiger partial charge on any atom is -0.504 e. The van der Waals surface area contributed by atoms with E-state index in [2.05, 4.69) is 20.8 Å². The van der Waals surface area contributed by atoms with Crippen molar-refractivity contribution in [3.63, 3.8) is 0 Å². The number of aromatic nitrogens is 1. The molecule has 1 aromatic heterocycles. The summed E-state index contributed by atoms with van der Waals surface area (Å²) in [5.41, 5.74) is -0.604. The van der Waals surface area contributed by atoms with Gasteiger partial charge in [0.2, 0.25) is 5.60 Å². The number of oxime groups is 1. The predicted octanol–water partition coefficient (Wildman–Crippen LogP) is 7.47. The highest BCUT2D eigenvalue weighted by Gasteiger charge is 2.55. The summed E-state index contributed by atoms with van der Waals surface area (Å²) in [5, 5.41) is 42.6. The zero-order valence-electron chi connectivity index (χ0n) is 43.2. The quantitative estimate of drug-likeness (QED) is 0.0124. The van der Waals surface area contributed by atoms with Crippen LogP contribution in [-0.4, -0.2) is 120 Å². The number of phenols is 2. The minimum atomic E-state index is -1.72. The van der Waals surface area contributed by atoms with E-state index in [0.717, 1.165) is 22.5 Å². The van der Waals surface area contributed by atoms with Crippen LogP contribution >= 0.6 is 23.1 Å². The lowest BCUT2D eigenvalue weighted by Gasteiger charge is -2.49. The molecule has 75 heavy (non-hydrogen) atoms. The third-order valence-electron chi connectivity index (χ3n) is 11.9. The summed E-state index contributed by atoms with van der Waals surface area (Å²) in [6.07, 6.45) is 2.87. The van der Waals surface area contributed by atoms with E-state index in [-0.39, 0.29) is 51.6 Å². The van der Waals surface area contributed by atoms with E-state index >= 15 is 0 Å². The number of benzene rings is 3. The van der Waals surface area contributed by atoms with Gasteiger partial charge in [0.25, 0.3) is 17.5 Å². The number of hydrogen-bond acceptors (Lipinski definition) is 18. The number of carbonyl (C=O) groups is 5. The van der Waals surface area contributed by atoms with Gasteiger partial charge in [-0.1, -0.05) is 29.4 Å². The Balaban J connectivity index is 1.16. The smallest absolute Gasteiger partial charge is 0.413 e. The fraction of sp³-hybridized carbons (Fsp3) is 0.404. The minimum absolute atomic E-state index is 0.0369. The maximum atomic E-state index is 14.3. The number of nitro groups is 1. The number of nitro benzene ring substituents is 1. The molecule has 3 aromatic carbocycles. The third kappa shape index (κ3) is 13.4. The second kappa shape index (κ2) is 21.8. The highest BCUT2D eigenvalue weighted by Crippen LogP contribution is 2.42. The zero-order valence-corrected chi connectivity index (χ0v) is 44.8. The van der Waals surface area contributed by atoms with Gasteiger partial charge in [0.1, 0.15) is 59.5 Å². The molecular weight excluding hydrogens is 1010 g/mol. The molecule has 0 saturated carbocycles. The van der Waals surface area contributed by atoms with Crippen LogP contribution in [0.15, 0.2) is 82.5 Å². The van der Waals surface area contributed by atoms with Crippen LogP contribution in [0.1, 0.15) is 88.9 Å². The number of likely N-dealkylation sites (N-methyl/N-ethyl adjacent to an activating group) is 1. The molecule has 3 aliphatic heterocycles. The number of aromatic hydroxyl groups is 2. The molecule has 3 atom stereocenters. The van der Waals surface area contributed by atoms with Crippen LogP contribution in [-0.2, 0) is 64.3 Å². The number of ether oxygens (including phenoxy) is 4. The van der Waals surface area contributed by atoms with Crippen LogP contribution in [0.2, 0.25) is 0 Å². The normalized spacial score (nSPS) is 18.8. The van der Waals surface area contributed by atoms with Crippen LogP contribution in [0.25, 0.3) is 6.08 Å². The SMILES string of the molecule is COc1ccc(COC(=O)C2=C(/C=C/c3ccc(C[N+]4(C)CCc5cc(O)c(O)cc5C4)cc3[N+](=O)[O-])CS[C@@H]3[C@H](NC(=O)/C(=N\OC(C)(C)C(=O)OC(C)(C)C)c4csc(NC(=O)OC(C)(C)C)n4)C(=O)N23)cc1. The van der Waals surface area contributed by atoms with Crippen molar-refractivity contribution in [3.8, 4) is 17.2 Å². The Hall–Kier alpha value is -7.50. The summed E-state index contributed by atoms with van der Waals surface area (Å²) in [4.78, 5) is 91.8. The van der Waals surface area contributed by atoms with Crippen molar-refractivity contribution >= 4 is 75.6 Å². The molecule has 4 heterocycles. The molecule has 0 spiro atoms. The molecule has 1 fully saturated rings. The number of methoxy groups -OCH3 is 1. The molecule has 1 unspecified atom stereocenters. The van der Waals surface area contributed by atoms with Crippen LogP contribution in [0, 0.1) is 10.1 Å². The van der Waals surface area contributed by atoms with Crippen molar-refractivity contribution in [1.29, 1.82) is 0 Å². The predicted molar refractivity (Wildman–Crippen MR) is 278 cm³/mol. The number of nitrogens with one attached hydrogen (secondary N) is 2. The summed E-state index contributed by atoms with van der Waals surface area (Å²) in [6, 6.07) is 13.6. The third-order valence-corrected chi connectivity index (χ3v) is 14.0. The first kappa shape index (κ1) is 55.3. The Morgan fingerprint density at radius 2 is 1.61 bits per heavy atom. The number of anilines is 1. The van der Waals surface area contributed by atoms with Gasteiger partial charge in [-0.05, 0) is 108 Å². The van der Waals surface area contributed by atoms with E-state index < -0.39 is 68.7 Å². The van der Waals surface area contributed by atoms with E-state index in [4.69, 9.17) is 23.8 Å². The number of allylic oxidation sites excluding steroid dienone is 1. The summed E-state index contributed by atoms with van der Waals surface area (Å²) in [5.74, 6) is -3.00. The Morgan fingerprint density at radius 3 is 2.27 bits per heavy atom. The topological polar surface area (TPSA) is 268 Å². The molecule has 1 saturated heterocycles. The van der Waals surface area contributed by atoms with E-state index in [1.807, 2.05) is 7.05 Å². The average Bonchev–Trinajstić information content (AvgIpc) is 3.78. The Kier molecular flexibility index (Phi) is 16.0. The lowest BCUT2D eigenvalue weighted by molar-refractivity contribution is -0.937. The van der Waals surface area contributed by atoms with Gasteiger partial charge >= 0.3 is 18.0 Å². The van der Waals surface area contributed by atoms with Gasteiger partial charge in [0, 0.05) is 34.7 Å². The molecule has 3 amide bonds. The van der Waals surface area contributed by atoms with Crippen LogP contribution < -0.4 is 15.4 Å². The number of β-lactam (4-membered cyclic amide) rings is 1. The number of thiazole rings is 1. The number of nitrogens with zero attached hydrogens (tertiary/aromatic N) is 5. The number of amides is 3. The Bertz CT molecular complexity index is 3010. The highest BCUT2D eigenvalue weighted by molar-refractivity contribution is 8.00. The summed E-state index contributed by atoms with van der Waals surface area (Å²) in [7, 11) is 3.54.